The molecule has 14 heavy (non-hydrogen) atoms. The summed E-state index contributed by atoms with van der Waals surface area (Å²) < 4.78 is 5.33. The number of guanidine groups is 1. The van der Waals surface area contributed by atoms with Crippen molar-refractivity contribution in [2.45, 2.75) is 38.6 Å². The number of hydrogen-bond donors (Lipinski definition) is 2. The van der Waals surface area contributed by atoms with Crippen molar-refractivity contribution in [3.63, 3.8) is 0 Å². The van der Waals surface area contributed by atoms with E-state index in [1.807, 2.05) is 0 Å². The Morgan fingerprint density at radius 2 is 2.29 bits per heavy atom. The molecule has 0 aliphatic heterocycles. The minimum atomic E-state index is 0.586. The van der Waals surface area contributed by atoms with E-state index in [9.17, 15) is 0 Å². The van der Waals surface area contributed by atoms with Crippen LogP contribution in [0, 0.1) is 0 Å². The SMILES string of the molecule is CCCOCCCN=C(N)NC1CC1. The molecule has 1 fully saturated rings. The predicted octanol–water partition coefficient (Wildman–Crippen LogP) is 0.870. The molecule has 0 spiro atoms. The minimum absolute atomic E-state index is 0.586. The summed E-state index contributed by atoms with van der Waals surface area (Å²) in [4.78, 5) is 4.21. The zero-order valence-corrected chi connectivity index (χ0v) is 8.96. The van der Waals surface area contributed by atoms with E-state index in [4.69, 9.17) is 10.5 Å². The van der Waals surface area contributed by atoms with Crippen molar-refractivity contribution >= 4 is 5.96 Å². The van der Waals surface area contributed by atoms with E-state index >= 15 is 0 Å². The van der Waals surface area contributed by atoms with Gasteiger partial charge in [0.15, 0.2) is 5.96 Å². The third-order valence-electron chi connectivity index (χ3n) is 2.01. The molecule has 4 nitrogen and oxygen atoms in total. The molecule has 0 unspecified atom stereocenters. The third kappa shape index (κ3) is 5.80. The number of nitrogens with two attached hydrogens (primary N) is 1. The first kappa shape index (κ1) is 11.3. The van der Waals surface area contributed by atoms with Crippen LogP contribution in [0.25, 0.3) is 0 Å². The van der Waals surface area contributed by atoms with Crippen LogP contribution < -0.4 is 11.1 Å². The molecule has 0 aromatic rings. The Morgan fingerprint density at radius 1 is 1.50 bits per heavy atom. The van der Waals surface area contributed by atoms with E-state index in [2.05, 4.69) is 17.2 Å². The van der Waals surface area contributed by atoms with Gasteiger partial charge in [-0.15, -0.1) is 0 Å². The van der Waals surface area contributed by atoms with Crippen molar-refractivity contribution in [1.82, 2.24) is 5.32 Å². The molecule has 0 heterocycles. The molecule has 0 aromatic heterocycles. The second-order valence-corrected chi connectivity index (χ2v) is 3.65. The molecule has 0 saturated heterocycles. The first-order valence-electron chi connectivity index (χ1n) is 5.47. The van der Waals surface area contributed by atoms with E-state index in [-0.39, 0.29) is 0 Å². The molecular formula is C10H21N3O. The van der Waals surface area contributed by atoms with Crippen LogP contribution >= 0.6 is 0 Å². The van der Waals surface area contributed by atoms with Crippen molar-refractivity contribution in [3.05, 3.63) is 0 Å². The smallest absolute Gasteiger partial charge is 0.188 e. The number of aliphatic imine (C=N–C) groups is 1. The predicted molar refractivity (Wildman–Crippen MR) is 58.4 cm³/mol. The quantitative estimate of drug-likeness (QED) is 0.363. The Bertz CT molecular complexity index is 178. The Hall–Kier alpha value is -0.770. The maximum absolute atomic E-state index is 5.65. The van der Waals surface area contributed by atoms with Crippen LogP contribution in [0.3, 0.4) is 0 Å². The summed E-state index contributed by atoms with van der Waals surface area (Å²) in [6, 6.07) is 0.593. The Morgan fingerprint density at radius 3 is 2.93 bits per heavy atom. The summed E-state index contributed by atoms with van der Waals surface area (Å²) in [5.74, 6) is 0.586. The van der Waals surface area contributed by atoms with Gasteiger partial charge in [-0.3, -0.25) is 4.99 Å². The summed E-state index contributed by atoms with van der Waals surface area (Å²) in [5.41, 5.74) is 5.65. The molecule has 1 rings (SSSR count). The second-order valence-electron chi connectivity index (χ2n) is 3.65. The minimum Gasteiger partial charge on any atom is -0.381 e. The Labute approximate surface area is 85.9 Å². The molecule has 3 N–H and O–H groups in total. The van der Waals surface area contributed by atoms with E-state index < -0.39 is 0 Å². The molecule has 1 saturated carbocycles. The van der Waals surface area contributed by atoms with Gasteiger partial charge in [-0.05, 0) is 25.7 Å². The zero-order chi connectivity index (χ0) is 10.2. The first-order valence-corrected chi connectivity index (χ1v) is 5.47. The summed E-state index contributed by atoms with van der Waals surface area (Å²) >= 11 is 0. The number of nitrogens with zero attached hydrogens (tertiary/aromatic N) is 1. The highest BCUT2D eigenvalue weighted by Gasteiger charge is 2.21. The van der Waals surface area contributed by atoms with Crippen LogP contribution in [0.15, 0.2) is 4.99 Å². The summed E-state index contributed by atoms with van der Waals surface area (Å²) in [6.45, 7) is 4.50. The average Bonchev–Trinajstić information content (AvgIpc) is 2.95. The summed E-state index contributed by atoms with van der Waals surface area (Å²) in [7, 11) is 0. The fourth-order valence-electron chi connectivity index (χ4n) is 1.09. The van der Waals surface area contributed by atoms with Gasteiger partial charge in [0.2, 0.25) is 0 Å². The van der Waals surface area contributed by atoms with Gasteiger partial charge in [0.1, 0.15) is 0 Å². The largest absolute Gasteiger partial charge is 0.381 e. The van der Waals surface area contributed by atoms with Gasteiger partial charge in [0.25, 0.3) is 0 Å². The van der Waals surface area contributed by atoms with Gasteiger partial charge in [-0.25, -0.2) is 0 Å². The first-order chi connectivity index (χ1) is 6.83. The second kappa shape index (κ2) is 6.65. The molecule has 0 bridgehead atoms. The lowest BCUT2D eigenvalue weighted by Gasteiger charge is -2.03. The number of hydrogen-bond acceptors (Lipinski definition) is 2. The number of rotatable bonds is 7. The van der Waals surface area contributed by atoms with Crippen LogP contribution in [-0.4, -0.2) is 31.8 Å². The average molecular weight is 199 g/mol. The summed E-state index contributed by atoms with van der Waals surface area (Å²) in [6.07, 6.45) is 4.49. The third-order valence-corrected chi connectivity index (χ3v) is 2.01. The fourth-order valence-corrected chi connectivity index (χ4v) is 1.09. The monoisotopic (exact) mass is 199 g/mol. The van der Waals surface area contributed by atoms with Crippen LogP contribution in [-0.2, 0) is 4.74 Å². The molecule has 0 aromatic carbocycles. The molecule has 0 amide bonds. The van der Waals surface area contributed by atoms with Crippen LogP contribution in [0.1, 0.15) is 32.6 Å². The molecule has 0 radical (unpaired) electrons. The van der Waals surface area contributed by atoms with Gasteiger partial charge in [0.05, 0.1) is 0 Å². The molecule has 0 atom stereocenters. The molecule has 82 valence electrons. The molecular weight excluding hydrogens is 178 g/mol. The lowest BCUT2D eigenvalue weighted by Crippen LogP contribution is -2.33. The highest BCUT2D eigenvalue weighted by molar-refractivity contribution is 5.78. The number of nitrogens with one attached hydrogen (secondary N) is 1. The van der Waals surface area contributed by atoms with Crippen molar-refractivity contribution in [3.8, 4) is 0 Å². The van der Waals surface area contributed by atoms with Gasteiger partial charge < -0.3 is 15.8 Å². The van der Waals surface area contributed by atoms with Gasteiger partial charge in [0, 0.05) is 25.8 Å². The maximum Gasteiger partial charge on any atom is 0.188 e. The molecule has 4 heteroatoms. The normalized spacial score (nSPS) is 17.1. The van der Waals surface area contributed by atoms with Crippen molar-refractivity contribution in [1.29, 1.82) is 0 Å². The number of ether oxygens (including phenoxy) is 1. The topological polar surface area (TPSA) is 59.6 Å². The summed E-state index contributed by atoms with van der Waals surface area (Å²) in [5, 5.41) is 3.14. The lowest BCUT2D eigenvalue weighted by atomic mass is 10.4. The Kier molecular flexibility index (Phi) is 5.37. The van der Waals surface area contributed by atoms with Crippen LogP contribution in [0.5, 0.6) is 0 Å². The standard InChI is InChI=1S/C10H21N3O/c1-2-7-14-8-3-6-12-10(11)13-9-4-5-9/h9H,2-8H2,1H3,(H3,11,12,13). The maximum atomic E-state index is 5.65. The van der Waals surface area contributed by atoms with Crippen molar-refractivity contribution in [2.75, 3.05) is 19.8 Å². The highest BCUT2D eigenvalue weighted by Crippen LogP contribution is 2.17. The zero-order valence-electron chi connectivity index (χ0n) is 8.96. The van der Waals surface area contributed by atoms with E-state index in [1.54, 1.807) is 0 Å². The van der Waals surface area contributed by atoms with Gasteiger partial charge in [-0.1, -0.05) is 6.92 Å². The Balaban J connectivity index is 1.89. The van der Waals surface area contributed by atoms with Crippen molar-refractivity contribution in [2.24, 2.45) is 10.7 Å². The highest BCUT2D eigenvalue weighted by atomic mass is 16.5. The molecule has 1 aliphatic rings. The van der Waals surface area contributed by atoms with Crippen LogP contribution in [0.4, 0.5) is 0 Å². The van der Waals surface area contributed by atoms with E-state index in [0.717, 1.165) is 32.6 Å². The fraction of sp³-hybridized carbons (Fsp3) is 0.900. The van der Waals surface area contributed by atoms with Crippen LogP contribution in [0.2, 0.25) is 0 Å². The van der Waals surface area contributed by atoms with Gasteiger partial charge in [-0.2, -0.15) is 0 Å². The van der Waals surface area contributed by atoms with Crippen molar-refractivity contribution < 1.29 is 4.74 Å². The van der Waals surface area contributed by atoms with E-state index in [1.165, 1.54) is 12.8 Å². The van der Waals surface area contributed by atoms with E-state index in [0.29, 0.717) is 12.0 Å². The lowest BCUT2D eigenvalue weighted by molar-refractivity contribution is 0.134. The molecule has 1 aliphatic carbocycles. The van der Waals surface area contributed by atoms with Gasteiger partial charge >= 0.3 is 0 Å².